The number of aryl methyl sites for hydroxylation is 3. The molecule has 1 aromatic carbocycles. The molecule has 0 bridgehead atoms. The summed E-state index contributed by atoms with van der Waals surface area (Å²) < 4.78 is 5.31. The minimum Gasteiger partial charge on any atom is -0.339 e. The molecule has 0 unspecified atom stereocenters. The zero-order valence-corrected chi connectivity index (χ0v) is 13.2. The van der Waals surface area contributed by atoms with Crippen molar-refractivity contribution in [3.8, 4) is 0 Å². The predicted molar refractivity (Wildman–Crippen MR) is 84.5 cm³/mol. The highest BCUT2D eigenvalue weighted by Gasteiger charge is 2.38. The smallest absolute Gasteiger partial charge is 0.227 e. The van der Waals surface area contributed by atoms with Crippen LogP contribution in [-0.2, 0) is 24.8 Å². The van der Waals surface area contributed by atoms with E-state index in [-0.39, 0.29) is 17.9 Å². The maximum atomic E-state index is 6.19. The molecule has 0 saturated heterocycles. The van der Waals surface area contributed by atoms with Gasteiger partial charge in [0.15, 0.2) is 5.82 Å². The fourth-order valence-electron chi connectivity index (χ4n) is 2.53. The molecule has 4 nitrogen and oxygen atoms in total. The number of aromatic nitrogens is 2. The third-order valence-corrected chi connectivity index (χ3v) is 4.22. The molecule has 1 saturated carbocycles. The summed E-state index contributed by atoms with van der Waals surface area (Å²) in [5.74, 6) is 1.37. The lowest BCUT2D eigenvalue weighted by molar-refractivity contribution is 0.229. The third kappa shape index (κ3) is 3.44. The molecule has 1 aliphatic carbocycles. The molecule has 2 N–H and O–H groups in total. The number of rotatable bonds is 5. The van der Waals surface area contributed by atoms with Crippen LogP contribution in [-0.4, -0.2) is 10.1 Å². The Morgan fingerprint density at radius 1 is 1.14 bits per heavy atom. The summed E-state index contributed by atoms with van der Waals surface area (Å²) in [6.45, 7) is 2.16. The van der Waals surface area contributed by atoms with Crippen molar-refractivity contribution >= 4 is 12.4 Å². The van der Waals surface area contributed by atoms with E-state index in [4.69, 9.17) is 10.3 Å². The molecule has 0 spiro atoms. The molecule has 5 heteroatoms. The van der Waals surface area contributed by atoms with Gasteiger partial charge in [-0.05, 0) is 43.2 Å². The van der Waals surface area contributed by atoms with E-state index in [0.29, 0.717) is 11.7 Å². The van der Waals surface area contributed by atoms with Crippen LogP contribution in [0.25, 0.3) is 0 Å². The molecular weight excluding hydrogens is 286 g/mol. The van der Waals surface area contributed by atoms with Gasteiger partial charge in [0, 0.05) is 6.42 Å². The molecule has 114 valence electrons. The molecule has 0 aliphatic heterocycles. The highest BCUT2D eigenvalue weighted by atomic mass is 35.5. The van der Waals surface area contributed by atoms with Gasteiger partial charge in [0.2, 0.25) is 5.89 Å². The minimum atomic E-state index is -0.329. The molecule has 2 aromatic rings. The molecule has 1 fully saturated rings. The Morgan fingerprint density at radius 3 is 2.38 bits per heavy atom. The van der Waals surface area contributed by atoms with Crippen molar-refractivity contribution in [3.05, 3.63) is 47.1 Å². The van der Waals surface area contributed by atoms with Gasteiger partial charge < -0.3 is 10.3 Å². The molecular formula is C16H22ClN3O. The van der Waals surface area contributed by atoms with Crippen LogP contribution in [0.2, 0.25) is 0 Å². The molecule has 0 atom stereocenters. The van der Waals surface area contributed by atoms with Crippen molar-refractivity contribution in [1.29, 1.82) is 0 Å². The highest BCUT2D eigenvalue weighted by Crippen LogP contribution is 2.36. The molecule has 21 heavy (non-hydrogen) atoms. The SMILES string of the molecule is CCc1ccc(CCc2nc(C3(N)CCC3)no2)cc1.Cl. The van der Waals surface area contributed by atoms with E-state index in [1.807, 2.05) is 0 Å². The Hall–Kier alpha value is -1.39. The fraction of sp³-hybridized carbons (Fsp3) is 0.500. The summed E-state index contributed by atoms with van der Waals surface area (Å²) in [4.78, 5) is 4.45. The Balaban J connectivity index is 0.00000161. The van der Waals surface area contributed by atoms with Crippen molar-refractivity contribution in [3.63, 3.8) is 0 Å². The van der Waals surface area contributed by atoms with E-state index >= 15 is 0 Å². The summed E-state index contributed by atoms with van der Waals surface area (Å²) in [7, 11) is 0. The first-order valence-corrected chi connectivity index (χ1v) is 7.39. The van der Waals surface area contributed by atoms with E-state index in [1.165, 1.54) is 11.1 Å². The minimum absolute atomic E-state index is 0. The maximum absolute atomic E-state index is 6.19. The zero-order chi connectivity index (χ0) is 14.0. The number of hydrogen-bond acceptors (Lipinski definition) is 4. The monoisotopic (exact) mass is 307 g/mol. The van der Waals surface area contributed by atoms with Gasteiger partial charge in [0.25, 0.3) is 0 Å². The molecule has 1 aliphatic rings. The van der Waals surface area contributed by atoms with E-state index in [1.54, 1.807) is 0 Å². The van der Waals surface area contributed by atoms with Crippen LogP contribution >= 0.6 is 12.4 Å². The lowest BCUT2D eigenvalue weighted by atomic mass is 9.77. The summed E-state index contributed by atoms with van der Waals surface area (Å²) in [5.41, 5.74) is 8.53. The van der Waals surface area contributed by atoms with Gasteiger partial charge in [-0.25, -0.2) is 0 Å². The molecule has 0 amide bonds. The number of nitrogens with two attached hydrogens (primary N) is 1. The normalized spacial score (nSPS) is 16.1. The van der Waals surface area contributed by atoms with Gasteiger partial charge in [-0.1, -0.05) is 36.3 Å². The van der Waals surface area contributed by atoms with Crippen LogP contribution in [0.3, 0.4) is 0 Å². The Morgan fingerprint density at radius 2 is 1.81 bits per heavy atom. The van der Waals surface area contributed by atoms with Crippen molar-refractivity contribution in [2.45, 2.75) is 51.0 Å². The second-order valence-electron chi connectivity index (χ2n) is 5.69. The van der Waals surface area contributed by atoms with Crippen molar-refractivity contribution < 1.29 is 4.52 Å². The van der Waals surface area contributed by atoms with E-state index < -0.39 is 0 Å². The van der Waals surface area contributed by atoms with E-state index in [2.05, 4.69) is 41.3 Å². The summed E-state index contributed by atoms with van der Waals surface area (Å²) in [5, 5.41) is 4.04. The number of hydrogen-bond donors (Lipinski definition) is 1. The number of nitrogens with zero attached hydrogens (tertiary/aromatic N) is 2. The molecule has 0 radical (unpaired) electrons. The zero-order valence-electron chi connectivity index (χ0n) is 12.3. The largest absolute Gasteiger partial charge is 0.339 e. The highest BCUT2D eigenvalue weighted by molar-refractivity contribution is 5.85. The Kier molecular flexibility index (Phi) is 5.01. The first-order valence-electron chi connectivity index (χ1n) is 7.39. The standard InChI is InChI=1S/C16H21N3O.ClH/c1-2-12-4-6-13(7-5-12)8-9-14-18-15(19-20-14)16(17)10-3-11-16;/h4-7H,2-3,8-11,17H2,1H3;1H. The maximum Gasteiger partial charge on any atom is 0.227 e. The fourth-order valence-corrected chi connectivity index (χ4v) is 2.53. The van der Waals surface area contributed by atoms with Gasteiger partial charge in [-0.3, -0.25) is 0 Å². The van der Waals surface area contributed by atoms with Crippen LogP contribution in [0.15, 0.2) is 28.8 Å². The molecule has 3 rings (SSSR count). The van der Waals surface area contributed by atoms with Crippen molar-refractivity contribution in [1.82, 2.24) is 10.1 Å². The van der Waals surface area contributed by atoms with Gasteiger partial charge in [-0.15, -0.1) is 12.4 Å². The molecule has 1 aromatic heterocycles. The van der Waals surface area contributed by atoms with Crippen LogP contribution < -0.4 is 5.73 Å². The van der Waals surface area contributed by atoms with E-state index in [9.17, 15) is 0 Å². The summed E-state index contributed by atoms with van der Waals surface area (Å²) in [6, 6.07) is 8.70. The predicted octanol–water partition coefficient (Wildman–Crippen LogP) is 3.18. The first kappa shape index (κ1) is 16.0. The van der Waals surface area contributed by atoms with Gasteiger partial charge >= 0.3 is 0 Å². The van der Waals surface area contributed by atoms with Gasteiger partial charge in [-0.2, -0.15) is 4.98 Å². The van der Waals surface area contributed by atoms with E-state index in [0.717, 1.165) is 38.5 Å². The average Bonchev–Trinajstić information content (AvgIpc) is 2.92. The van der Waals surface area contributed by atoms with Crippen molar-refractivity contribution in [2.75, 3.05) is 0 Å². The second kappa shape index (κ2) is 6.58. The van der Waals surface area contributed by atoms with Crippen LogP contribution in [0.4, 0.5) is 0 Å². The average molecular weight is 308 g/mol. The second-order valence-corrected chi connectivity index (χ2v) is 5.69. The number of halogens is 1. The summed E-state index contributed by atoms with van der Waals surface area (Å²) >= 11 is 0. The van der Waals surface area contributed by atoms with Crippen LogP contribution in [0.1, 0.15) is 49.0 Å². The Labute approximate surface area is 131 Å². The van der Waals surface area contributed by atoms with Crippen molar-refractivity contribution in [2.24, 2.45) is 5.73 Å². The van der Waals surface area contributed by atoms with Crippen LogP contribution in [0.5, 0.6) is 0 Å². The first-order chi connectivity index (χ1) is 9.69. The summed E-state index contributed by atoms with van der Waals surface area (Å²) in [6.07, 6.45) is 5.85. The van der Waals surface area contributed by atoms with Crippen LogP contribution in [0, 0.1) is 0 Å². The number of benzene rings is 1. The quantitative estimate of drug-likeness (QED) is 0.921. The lowest BCUT2D eigenvalue weighted by Gasteiger charge is -2.34. The third-order valence-electron chi connectivity index (χ3n) is 4.22. The van der Waals surface area contributed by atoms with Gasteiger partial charge in [0.05, 0.1) is 5.54 Å². The lowest BCUT2D eigenvalue weighted by Crippen LogP contribution is -2.44. The molecule has 1 heterocycles. The van der Waals surface area contributed by atoms with Gasteiger partial charge in [0.1, 0.15) is 0 Å². The topological polar surface area (TPSA) is 64.9 Å². The Bertz CT molecular complexity index is 575.